The number of hydrogen-bond acceptors (Lipinski definition) is 5. The molecule has 0 radical (unpaired) electrons. The van der Waals surface area contributed by atoms with Crippen molar-refractivity contribution in [3.63, 3.8) is 0 Å². The van der Waals surface area contributed by atoms with E-state index in [9.17, 15) is 0 Å². The average molecular weight is 352 g/mol. The Morgan fingerprint density at radius 2 is 1.96 bits per heavy atom. The van der Waals surface area contributed by atoms with Crippen LogP contribution in [0.5, 0.6) is 0 Å². The van der Waals surface area contributed by atoms with Gasteiger partial charge in [-0.3, -0.25) is 4.98 Å². The molecule has 0 aliphatic carbocycles. The first-order valence-electron chi connectivity index (χ1n) is 8.30. The second-order valence-corrected chi connectivity index (χ2v) is 6.38. The van der Waals surface area contributed by atoms with Crippen molar-refractivity contribution >= 4 is 17.4 Å². The van der Waals surface area contributed by atoms with Crippen LogP contribution in [0.2, 0.25) is 5.02 Å². The molecule has 0 fully saturated rings. The predicted molar refractivity (Wildman–Crippen MR) is 99.5 cm³/mol. The van der Waals surface area contributed by atoms with Crippen molar-refractivity contribution in [3.8, 4) is 11.5 Å². The Hall–Kier alpha value is -2.50. The molecule has 5 nitrogen and oxygen atoms in total. The van der Waals surface area contributed by atoms with E-state index >= 15 is 0 Å². The van der Waals surface area contributed by atoms with Gasteiger partial charge in [-0.25, -0.2) is 9.97 Å². The van der Waals surface area contributed by atoms with Crippen LogP contribution < -0.4 is 10.6 Å². The first-order valence-corrected chi connectivity index (χ1v) is 8.67. The fourth-order valence-electron chi connectivity index (χ4n) is 2.90. The highest BCUT2D eigenvalue weighted by Gasteiger charge is 2.18. The molecule has 1 aromatic carbocycles. The van der Waals surface area contributed by atoms with Crippen molar-refractivity contribution in [3.05, 3.63) is 70.5 Å². The van der Waals surface area contributed by atoms with Crippen molar-refractivity contribution in [1.82, 2.24) is 20.3 Å². The van der Waals surface area contributed by atoms with Crippen molar-refractivity contribution in [1.29, 1.82) is 0 Å². The molecule has 3 heterocycles. The lowest BCUT2D eigenvalue weighted by Gasteiger charge is -2.20. The number of aromatic nitrogens is 3. The largest absolute Gasteiger partial charge is 0.366 e. The Bertz CT molecular complexity index is 865. The van der Waals surface area contributed by atoms with E-state index in [1.165, 1.54) is 5.56 Å². The minimum Gasteiger partial charge on any atom is -0.366 e. The van der Waals surface area contributed by atoms with E-state index in [-0.39, 0.29) is 0 Å². The van der Waals surface area contributed by atoms with Gasteiger partial charge in [0.25, 0.3) is 0 Å². The smallest absolute Gasteiger partial charge is 0.180 e. The zero-order valence-corrected chi connectivity index (χ0v) is 14.4. The molecule has 25 heavy (non-hydrogen) atoms. The molecule has 0 amide bonds. The number of nitrogens with zero attached hydrogens (tertiary/aromatic N) is 3. The first kappa shape index (κ1) is 16.0. The van der Waals surface area contributed by atoms with E-state index < -0.39 is 0 Å². The summed E-state index contributed by atoms with van der Waals surface area (Å²) in [7, 11) is 0. The zero-order chi connectivity index (χ0) is 17.1. The zero-order valence-electron chi connectivity index (χ0n) is 13.7. The summed E-state index contributed by atoms with van der Waals surface area (Å²) < 4.78 is 0. The monoisotopic (exact) mass is 351 g/mol. The Labute approximate surface area is 151 Å². The highest BCUT2D eigenvalue weighted by molar-refractivity contribution is 6.30. The molecule has 0 atom stereocenters. The van der Waals surface area contributed by atoms with Crippen molar-refractivity contribution in [2.75, 3.05) is 11.9 Å². The number of anilines is 1. The molecular weight excluding hydrogens is 334 g/mol. The summed E-state index contributed by atoms with van der Waals surface area (Å²) >= 11 is 5.96. The van der Waals surface area contributed by atoms with E-state index in [2.05, 4.69) is 15.6 Å². The SMILES string of the molecule is Clc1ccc(CNc2nc(-c3ccccn3)nc3c2CCNC3)cc1. The molecule has 6 heteroatoms. The third-order valence-electron chi connectivity index (χ3n) is 4.20. The van der Waals surface area contributed by atoms with Crippen molar-refractivity contribution in [2.24, 2.45) is 0 Å². The number of hydrogen-bond donors (Lipinski definition) is 2. The molecule has 2 N–H and O–H groups in total. The van der Waals surface area contributed by atoms with E-state index in [1.807, 2.05) is 42.5 Å². The van der Waals surface area contributed by atoms with Crippen LogP contribution >= 0.6 is 11.6 Å². The number of halogens is 1. The van der Waals surface area contributed by atoms with Crippen LogP contribution in [0.3, 0.4) is 0 Å². The van der Waals surface area contributed by atoms with Crippen molar-refractivity contribution in [2.45, 2.75) is 19.5 Å². The molecule has 0 spiro atoms. The predicted octanol–water partition coefficient (Wildman–Crippen LogP) is 3.45. The lowest BCUT2D eigenvalue weighted by molar-refractivity contribution is 0.625. The van der Waals surface area contributed by atoms with Crippen LogP contribution in [0, 0.1) is 0 Å². The molecule has 1 aliphatic rings. The van der Waals surface area contributed by atoms with Gasteiger partial charge in [-0.2, -0.15) is 0 Å². The number of nitrogens with one attached hydrogen (secondary N) is 2. The van der Waals surface area contributed by atoms with Gasteiger partial charge in [0.2, 0.25) is 0 Å². The quantitative estimate of drug-likeness (QED) is 0.753. The number of fused-ring (bicyclic) bond motifs is 1. The number of pyridine rings is 1. The highest BCUT2D eigenvalue weighted by atomic mass is 35.5. The summed E-state index contributed by atoms with van der Waals surface area (Å²) in [6.07, 6.45) is 2.68. The molecule has 2 aromatic heterocycles. The average Bonchev–Trinajstić information content (AvgIpc) is 2.68. The van der Waals surface area contributed by atoms with Gasteiger partial charge >= 0.3 is 0 Å². The Kier molecular flexibility index (Phi) is 4.59. The second-order valence-electron chi connectivity index (χ2n) is 5.94. The molecule has 0 bridgehead atoms. The summed E-state index contributed by atoms with van der Waals surface area (Å²) in [6.45, 7) is 2.39. The fourth-order valence-corrected chi connectivity index (χ4v) is 3.03. The minimum atomic E-state index is 0.654. The van der Waals surface area contributed by atoms with E-state index in [1.54, 1.807) is 6.20 Å². The Morgan fingerprint density at radius 3 is 2.76 bits per heavy atom. The van der Waals surface area contributed by atoms with Gasteiger partial charge in [0.1, 0.15) is 11.5 Å². The molecule has 0 saturated heterocycles. The van der Waals surface area contributed by atoms with E-state index in [0.29, 0.717) is 12.4 Å². The first-order chi connectivity index (χ1) is 12.3. The van der Waals surface area contributed by atoms with Crippen LogP contribution in [0.15, 0.2) is 48.7 Å². The maximum absolute atomic E-state index is 5.96. The molecule has 0 saturated carbocycles. The molecule has 126 valence electrons. The highest BCUT2D eigenvalue weighted by Crippen LogP contribution is 2.24. The van der Waals surface area contributed by atoms with Gasteiger partial charge < -0.3 is 10.6 Å². The van der Waals surface area contributed by atoms with Crippen LogP contribution in [-0.4, -0.2) is 21.5 Å². The van der Waals surface area contributed by atoms with Gasteiger partial charge in [0.15, 0.2) is 5.82 Å². The van der Waals surface area contributed by atoms with Crippen molar-refractivity contribution < 1.29 is 0 Å². The second kappa shape index (κ2) is 7.17. The molecule has 1 aliphatic heterocycles. The molecular formula is C19H18ClN5. The van der Waals surface area contributed by atoms with Gasteiger partial charge in [-0.05, 0) is 42.8 Å². The molecule has 4 rings (SSSR count). The number of benzene rings is 1. The molecule has 0 unspecified atom stereocenters. The van der Waals surface area contributed by atoms with Gasteiger partial charge in [0, 0.05) is 29.9 Å². The normalized spacial score (nSPS) is 13.3. The van der Waals surface area contributed by atoms with E-state index in [0.717, 1.165) is 47.3 Å². The third-order valence-corrected chi connectivity index (χ3v) is 4.46. The summed E-state index contributed by atoms with van der Waals surface area (Å²) in [5, 5.41) is 7.58. The number of rotatable bonds is 4. The Balaban J connectivity index is 1.66. The topological polar surface area (TPSA) is 62.7 Å². The molecule has 3 aromatic rings. The summed E-state index contributed by atoms with van der Waals surface area (Å²) in [5.74, 6) is 1.55. The van der Waals surface area contributed by atoms with Crippen LogP contribution in [0.1, 0.15) is 16.8 Å². The maximum atomic E-state index is 5.96. The van der Waals surface area contributed by atoms with Gasteiger partial charge in [-0.1, -0.05) is 29.8 Å². The standard InChI is InChI=1S/C19H18ClN5/c20-14-6-4-13(5-7-14)11-23-18-15-8-10-21-12-17(15)24-19(25-18)16-3-1-2-9-22-16/h1-7,9,21H,8,10-12H2,(H,23,24,25). The summed E-state index contributed by atoms with van der Waals surface area (Å²) in [6, 6.07) is 13.6. The van der Waals surface area contributed by atoms with Crippen LogP contribution in [0.25, 0.3) is 11.5 Å². The minimum absolute atomic E-state index is 0.654. The van der Waals surface area contributed by atoms with Crippen LogP contribution in [0.4, 0.5) is 5.82 Å². The van der Waals surface area contributed by atoms with Gasteiger partial charge in [-0.15, -0.1) is 0 Å². The summed E-state index contributed by atoms with van der Waals surface area (Å²) in [5.41, 5.74) is 4.17. The summed E-state index contributed by atoms with van der Waals surface area (Å²) in [4.78, 5) is 13.8. The maximum Gasteiger partial charge on any atom is 0.180 e. The lowest BCUT2D eigenvalue weighted by Crippen LogP contribution is -2.26. The lowest BCUT2D eigenvalue weighted by atomic mass is 10.1. The third kappa shape index (κ3) is 3.62. The van der Waals surface area contributed by atoms with Gasteiger partial charge in [0.05, 0.1) is 5.69 Å². The fraction of sp³-hybridized carbons (Fsp3) is 0.211. The van der Waals surface area contributed by atoms with Crippen LogP contribution in [-0.2, 0) is 19.5 Å². The Morgan fingerprint density at radius 1 is 1.08 bits per heavy atom. The van der Waals surface area contributed by atoms with E-state index in [4.69, 9.17) is 21.6 Å².